The minimum Gasteiger partial charge on any atom is -0.375 e. The second-order valence-corrected chi connectivity index (χ2v) is 9.52. The van der Waals surface area contributed by atoms with Crippen molar-refractivity contribution in [3.8, 4) is 0 Å². The lowest BCUT2D eigenvalue weighted by Gasteiger charge is -2.46. The zero-order chi connectivity index (χ0) is 22.0. The minimum absolute atomic E-state index is 0.0349. The van der Waals surface area contributed by atoms with Crippen LogP contribution in [0.5, 0.6) is 0 Å². The molecule has 1 aliphatic heterocycles. The van der Waals surface area contributed by atoms with Crippen LogP contribution in [0.2, 0.25) is 0 Å². The van der Waals surface area contributed by atoms with E-state index in [4.69, 9.17) is 4.74 Å². The first-order chi connectivity index (χ1) is 14.1. The van der Waals surface area contributed by atoms with E-state index in [1.807, 2.05) is 13.1 Å². The molecule has 6 nitrogen and oxygen atoms in total. The topological polar surface area (TPSA) is 71.1 Å². The van der Waals surface area contributed by atoms with Gasteiger partial charge in [0.25, 0.3) is 5.56 Å². The molecule has 164 valence electrons. The maximum Gasteiger partial charge on any atom is 0.250 e. The Morgan fingerprint density at radius 1 is 1.20 bits per heavy atom. The summed E-state index contributed by atoms with van der Waals surface area (Å²) in [6.45, 7) is 15.7. The maximum atomic E-state index is 11.7. The van der Waals surface area contributed by atoms with Crippen LogP contribution in [0.25, 0.3) is 0 Å². The van der Waals surface area contributed by atoms with Crippen LogP contribution in [0, 0.1) is 12.3 Å². The molecule has 0 saturated carbocycles. The van der Waals surface area contributed by atoms with Crippen LogP contribution in [0.1, 0.15) is 64.5 Å². The van der Waals surface area contributed by atoms with E-state index in [0.717, 1.165) is 43.9 Å². The van der Waals surface area contributed by atoms with E-state index in [9.17, 15) is 4.79 Å². The number of nitrogens with zero attached hydrogens (tertiary/aromatic N) is 3. The summed E-state index contributed by atoms with van der Waals surface area (Å²) in [6.07, 6.45) is 6.27. The first-order valence-corrected chi connectivity index (χ1v) is 11.0. The Balaban J connectivity index is 1.86. The van der Waals surface area contributed by atoms with Gasteiger partial charge in [0.1, 0.15) is 5.82 Å². The van der Waals surface area contributed by atoms with Crippen molar-refractivity contribution >= 4 is 0 Å². The SMILES string of the molecule is CCOC(C)(C)[C@@]1(CCc2nccc(=O)[nH]2)CCN(C(C)(C)c2ccc(C)nc2)C1. The number of rotatable bonds is 8. The van der Waals surface area contributed by atoms with Crippen molar-refractivity contribution in [2.75, 3.05) is 19.7 Å². The molecule has 30 heavy (non-hydrogen) atoms. The van der Waals surface area contributed by atoms with Crippen LogP contribution in [-0.2, 0) is 16.7 Å². The van der Waals surface area contributed by atoms with Crippen molar-refractivity contribution < 1.29 is 4.74 Å². The van der Waals surface area contributed by atoms with Crippen LogP contribution >= 0.6 is 0 Å². The Morgan fingerprint density at radius 2 is 1.97 bits per heavy atom. The van der Waals surface area contributed by atoms with Crippen molar-refractivity contribution in [3.63, 3.8) is 0 Å². The van der Waals surface area contributed by atoms with Crippen molar-refractivity contribution in [2.24, 2.45) is 5.41 Å². The number of H-pyrrole nitrogens is 1. The molecule has 3 rings (SSSR count). The molecule has 1 atom stereocenters. The highest BCUT2D eigenvalue weighted by Crippen LogP contribution is 2.49. The Labute approximate surface area is 180 Å². The molecule has 1 N–H and O–H groups in total. The largest absolute Gasteiger partial charge is 0.375 e. The lowest BCUT2D eigenvalue weighted by atomic mass is 9.69. The third kappa shape index (κ3) is 4.49. The van der Waals surface area contributed by atoms with Gasteiger partial charge in [-0.1, -0.05) is 6.07 Å². The molecule has 6 heteroatoms. The van der Waals surface area contributed by atoms with Crippen molar-refractivity contribution in [1.82, 2.24) is 19.9 Å². The molecule has 3 heterocycles. The third-order valence-corrected chi connectivity index (χ3v) is 7.11. The lowest BCUT2D eigenvalue weighted by molar-refractivity contribution is -0.109. The second-order valence-electron chi connectivity index (χ2n) is 9.52. The number of hydrogen-bond acceptors (Lipinski definition) is 5. The molecule has 0 aliphatic carbocycles. The highest BCUT2D eigenvalue weighted by Gasteiger charge is 2.52. The molecule has 0 spiro atoms. The van der Waals surface area contributed by atoms with Crippen molar-refractivity contribution in [2.45, 2.75) is 71.9 Å². The van der Waals surface area contributed by atoms with Gasteiger partial charge < -0.3 is 9.72 Å². The van der Waals surface area contributed by atoms with Crippen molar-refractivity contribution in [1.29, 1.82) is 0 Å². The summed E-state index contributed by atoms with van der Waals surface area (Å²) in [7, 11) is 0. The molecular formula is C24H36N4O2. The molecular weight excluding hydrogens is 376 g/mol. The van der Waals surface area contributed by atoms with E-state index in [2.05, 4.69) is 66.6 Å². The van der Waals surface area contributed by atoms with Gasteiger partial charge >= 0.3 is 0 Å². The summed E-state index contributed by atoms with van der Waals surface area (Å²) in [6, 6.07) is 5.73. The van der Waals surface area contributed by atoms with E-state index >= 15 is 0 Å². The summed E-state index contributed by atoms with van der Waals surface area (Å²) < 4.78 is 6.28. The fraction of sp³-hybridized carbons (Fsp3) is 0.625. The maximum absolute atomic E-state index is 11.7. The fourth-order valence-corrected chi connectivity index (χ4v) is 4.77. The molecule has 0 unspecified atom stereocenters. The fourth-order valence-electron chi connectivity index (χ4n) is 4.77. The molecule has 2 aromatic heterocycles. The Morgan fingerprint density at radius 3 is 2.60 bits per heavy atom. The average Bonchev–Trinajstić information content (AvgIpc) is 3.14. The quantitative estimate of drug-likeness (QED) is 0.713. The normalized spacial score (nSPS) is 20.6. The van der Waals surface area contributed by atoms with E-state index in [1.54, 1.807) is 6.20 Å². The Bertz CT molecular complexity index is 904. The van der Waals surface area contributed by atoms with E-state index < -0.39 is 0 Å². The standard InChI is InChI=1S/C24H36N4O2/c1-7-30-23(5,6)24(12-10-20-25-14-11-21(29)27-20)13-15-28(17-24)22(3,4)19-9-8-18(2)26-16-19/h8-9,11,14,16H,7,10,12-13,15,17H2,1-6H3,(H,25,27,29)/t24-/m0/s1. The van der Waals surface area contributed by atoms with Gasteiger partial charge in [-0.05, 0) is 72.6 Å². The summed E-state index contributed by atoms with van der Waals surface area (Å²) in [5, 5.41) is 0. The van der Waals surface area contributed by atoms with Gasteiger partial charge in [-0.15, -0.1) is 0 Å². The van der Waals surface area contributed by atoms with Crippen LogP contribution in [0.15, 0.2) is 35.4 Å². The van der Waals surface area contributed by atoms with E-state index in [1.165, 1.54) is 11.6 Å². The number of aromatic nitrogens is 3. The number of aromatic amines is 1. The third-order valence-electron chi connectivity index (χ3n) is 7.11. The zero-order valence-electron chi connectivity index (χ0n) is 19.3. The van der Waals surface area contributed by atoms with E-state index in [0.29, 0.717) is 6.61 Å². The van der Waals surface area contributed by atoms with Crippen LogP contribution in [0.3, 0.4) is 0 Å². The van der Waals surface area contributed by atoms with Crippen LogP contribution < -0.4 is 5.56 Å². The van der Waals surface area contributed by atoms with E-state index in [-0.39, 0.29) is 22.1 Å². The number of pyridine rings is 1. The molecule has 1 saturated heterocycles. The van der Waals surface area contributed by atoms with Gasteiger partial charge in [0, 0.05) is 54.7 Å². The number of aryl methyl sites for hydroxylation is 2. The summed E-state index contributed by atoms with van der Waals surface area (Å²) in [4.78, 5) is 26.0. The van der Waals surface area contributed by atoms with Crippen LogP contribution in [0.4, 0.5) is 0 Å². The van der Waals surface area contributed by atoms with Gasteiger partial charge in [0.05, 0.1) is 5.60 Å². The Hall–Kier alpha value is -2.05. The zero-order valence-corrected chi connectivity index (χ0v) is 19.3. The molecule has 0 bridgehead atoms. The number of likely N-dealkylation sites (tertiary alicyclic amines) is 1. The predicted octanol–water partition coefficient (Wildman–Crippen LogP) is 3.85. The molecule has 1 aliphatic rings. The van der Waals surface area contributed by atoms with Crippen LogP contribution in [-0.4, -0.2) is 45.1 Å². The molecule has 2 aromatic rings. The molecule has 0 aromatic carbocycles. The number of hydrogen-bond donors (Lipinski definition) is 1. The average molecular weight is 413 g/mol. The predicted molar refractivity (Wildman–Crippen MR) is 120 cm³/mol. The van der Waals surface area contributed by atoms with Gasteiger partial charge in [-0.3, -0.25) is 14.7 Å². The molecule has 0 amide bonds. The minimum atomic E-state index is -0.285. The summed E-state index contributed by atoms with van der Waals surface area (Å²) >= 11 is 0. The van der Waals surface area contributed by atoms with Gasteiger partial charge in [-0.25, -0.2) is 4.98 Å². The summed E-state index contributed by atoms with van der Waals surface area (Å²) in [5.74, 6) is 0.745. The first kappa shape index (κ1) is 22.6. The van der Waals surface area contributed by atoms with Crippen molar-refractivity contribution in [3.05, 3.63) is 58.0 Å². The first-order valence-electron chi connectivity index (χ1n) is 11.0. The molecule has 1 fully saturated rings. The summed E-state index contributed by atoms with van der Waals surface area (Å²) in [5.41, 5.74) is 1.72. The lowest BCUT2D eigenvalue weighted by Crippen LogP contribution is -2.50. The molecule has 0 radical (unpaired) electrons. The van der Waals surface area contributed by atoms with Gasteiger partial charge in [-0.2, -0.15) is 0 Å². The van der Waals surface area contributed by atoms with Gasteiger partial charge in [0.2, 0.25) is 0 Å². The smallest absolute Gasteiger partial charge is 0.250 e. The second kappa shape index (κ2) is 8.60. The highest BCUT2D eigenvalue weighted by molar-refractivity contribution is 5.22. The van der Waals surface area contributed by atoms with Gasteiger partial charge in [0.15, 0.2) is 0 Å². The number of nitrogens with one attached hydrogen (secondary N) is 1. The number of ether oxygens (including phenoxy) is 1. The highest BCUT2D eigenvalue weighted by atomic mass is 16.5. The monoisotopic (exact) mass is 412 g/mol. The Kier molecular flexibility index (Phi) is 6.48.